The Balaban J connectivity index is 0.00000441. The number of carbonyl (C=O) groups excluding carboxylic acids is 1. The lowest BCUT2D eigenvalue weighted by Gasteiger charge is -2.41. The number of carbonyl (C=O) groups is 1. The molecule has 0 bridgehead atoms. The predicted molar refractivity (Wildman–Crippen MR) is 94.4 cm³/mol. The average Bonchev–Trinajstić information content (AvgIpc) is 2.52. The number of nitrogens with zero attached hydrogens (tertiary/aromatic N) is 1. The third kappa shape index (κ3) is 4.47. The van der Waals surface area contributed by atoms with Crippen molar-refractivity contribution < 1.29 is 9.53 Å². The number of halogens is 1. The smallest absolute Gasteiger partial charge is 0.331 e. The molecule has 0 aromatic heterocycles. The molecule has 22 heavy (non-hydrogen) atoms. The first-order valence-corrected chi connectivity index (χ1v) is 8.15. The van der Waals surface area contributed by atoms with E-state index >= 15 is 0 Å². The zero-order valence-electron chi connectivity index (χ0n) is 14.3. The van der Waals surface area contributed by atoms with E-state index in [0.29, 0.717) is 6.61 Å². The Morgan fingerprint density at radius 3 is 2.14 bits per heavy atom. The topological polar surface area (TPSA) is 29.5 Å². The molecule has 3 nitrogen and oxygen atoms in total. The number of unbranched alkanes of at least 4 members (excludes halogenated alkanes) is 1. The molecule has 0 N–H and O–H groups in total. The number of rotatable bonds is 9. The van der Waals surface area contributed by atoms with E-state index in [4.69, 9.17) is 4.74 Å². The van der Waals surface area contributed by atoms with Gasteiger partial charge in [-0.15, -0.1) is 12.4 Å². The van der Waals surface area contributed by atoms with Crippen molar-refractivity contribution in [1.29, 1.82) is 0 Å². The van der Waals surface area contributed by atoms with E-state index < -0.39 is 5.54 Å². The van der Waals surface area contributed by atoms with Gasteiger partial charge in [0.1, 0.15) is 5.54 Å². The lowest BCUT2D eigenvalue weighted by molar-refractivity contribution is -0.160. The molecule has 1 rings (SSSR count). The van der Waals surface area contributed by atoms with Gasteiger partial charge in [-0.2, -0.15) is 0 Å². The van der Waals surface area contributed by atoms with Crippen molar-refractivity contribution in [2.75, 3.05) is 19.7 Å². The summed E-state index contributed by atoms with van der Waals surface area (Å²) in [6.07, 6.45) is 2.87. The first-order valence-electron chi connectivity index (χ1n) is 8.15. The molecule has 126 valence electrons. The van der Waals surface area contributed by atoms with Crippen LogP contribution < -0.4 is 0 Å². The second kappa shape index (κ2) is 10.6. The summed E-state index contributed by atoms with van der Waals surface area (Å²) >= 11 is 0. The number of hydrogen-bond acceptors (Lipinski definition) is 3. The van der Waals surface area contributed by atoms with Crippen molar-refractivity contribution in [2.45, 2.75) is 52.5 Å². The van der Waals surface area contributed by atoms with Gasteiger partial charge in [0.2, 0.25) is 0 Å². The highest BCUT2D eigenvalue weighted by Crippen LogP contribution is 2.35. The van der Waals surface area contributed by atoms with Crippen LogP contribution in [0.25, 0.3) is 0 Å². The van der Waals surface area contributed by atoms with E-state index in [2.05, 4.69) is 25.7 Å². The molecular weight excluding hydrogens is 298 g/mol. The molecule has 1 atom stereocenters. The fourth-order valence-electron chi connectivity index (χ4n) is 2.99. The van der Waals surface area contributed by atoms with E-state index in [9.17, 15) is 4.79 Å². The summed E-state index contributed by atoms with van der Waals surface area (Å²) in [5.41, 5.74) is 0.386. The highest BCUT2D eigenvalue weighted by atomic mass is 35.5. The van der Waals surface area contributed by atoms with Crippen LogP contribution in [0.2, 0.25) is 0 Å². The molecule has 0 heterocycles. The quantitative estimate of drug-likeness (QED) is 0.630. The molecule has 0 spiro atoms. The zero-order chi connectivity index (χ0) is 15.7. The maximum absolute atomic E-state index is 12.9. The van der Waals surface area contributed by atoms with Gasteiger partial charge in [-0.3, -0.25) is 4.90 Å². The lowest BCUT2D eigenvalue weighted by atomic mass is 9.83. The molecular formula is C18H30ClNO2. The summed E-state index contributed by atoms with van der Waals surface area (Å²) in [4.78, 5) is 15.1. The van der Waals surface area contributed by atoms with Crippen LogP contribution in [0.1, 0.15) is 52.5 Å². The summed E-state index contributed by atoms with van der Waals surface area (Å²) in [5.74, 6) is -0.117. The number of likely N-dealkylation sites (N-methyl/N-ethyl adjacent to an activating group) is 1. The fraction of sp³-hybridized carbons (Fsp3) is 0.611. The summed E-state index contributed by atoms with van der Waals surface area (Å²) in [6.45, 7) is 10.3. The maximum atomic E-state index is 12.9. The molecule has 1 unspecified atom stereocenters. The predicted octanol–water partition coefficient (Wildman–Crippen LogP) is 4.40. The normalized spacial score (nSPS) is 13.3. The van der Waals surface area contributed by atoms with Crippen LogP contribution in [0, 0.1) is 0 Å². The second-order valence-electron chi connectivity index (χ2n) is 5.22. The third-order valence-corrected chi connectivity index (χ3v) is 4.06. The van der Waals surface area contributed by atoms with Gasteiger partial charge in [0, 0.05) is 0 Å². The van der Waals surface area contributed by atoms with Crippen molar-refractivity contribution in [1.82, 2.24) is 4.90 Å². The number of hydrogen-bond donors (Lipinski definition) is 0. The fourth-order valence-corrected chi connectivity index (χ4v) is 2.99. The Labute approximate surface area is 141 Å². The van der Waals surface area contributed by atoms with Crippen LogP contribution in [0.15, 0.2) is 30.3 Å². The van der Waals surface area contributed by atoms with E-state index in [-0.39, 0.29) is 18.4 Å². The Kier molecular flexibility index (Phi) is 10.1. The van der Waals surface area contributed by atoms with Gasteiger partial charge >= 0.3 is 5.97 Å². The van der Waals surface area contributed by atoms with Crippen molar-refractivity contribution in [3.05, 3.63) is 35.9 Å². The standard InChI is InChI=1S/C18H29NO2.ClH/c1-5-9-15-18(17(20)21-8-4,19(6-2)7-3)16-13-11-10-12-14-16;/h10-14H,5-9,15H2,1-4H3;1H. The molecule has 0 fully saturated rings. The summed E-state index contributed by atoms with van der Waals surface area (Å²) < 4.78 is 5.46. The first-order chi connectivity index (χ1) is 10.2. The van der Waals surface area contributed by atoms with Gasteiger partial charge in [0.15, 0.2) is 0 Å². The minimum Gasteiger partial charge on any atom is -0.464 e. The zero-order valence-corrected chi connectivity index (χ0v) is 15.1. The highest BCUT2D eigenvalue weighted by molar-refractivity contribution is 5.85. The van der Waals surface area contributed by atoms with E-state index in [1.165, 1.54) is 0 Å². The van der Waals surface area contributed by atoms with Crippen LogP contribution >= 0.6 is 12.4 Å². The number of benzene rings is 1. The van der Waals surface area contributed by atoms with Gasteiger partial charge in [-0.25, -0.2) is 4.79 Å². The largest absolute Gasteiger partial charge is 0.464 e. The van der Waals surface area contributed by atoms with Gasteiger partial charge in [0.05, 0.1) is 6.61 Å². The monoisotopic (exact) mass is 327 g/mol. The second-order valence-corrected chi connectivity index (χ2v) is 5.22. The minimum atomic E-state index is -0.656. The van der Waals surface area contributed by atoms with Crippen LogP contribution in [0.4, 0.5) is 0 Å². The molecule has 0 aliphatic rings. The van der Waals surface area contributed by atoms with Crippen LogP contribution in [0.5, 0.6) is 0 Å². The molecule has 0 aliphatic carbocycles. The van der Waals surface area contributed by atoms with E-state index in [0.717, 1.165) is 37.9 Å². The Morgan fingerprint density at radius 2 is 1.68 bits per heavy atom. The summed E-state index contributed by atoms with van der Waals surface area (Å²) in [6, 6.07) is 10.1. The van der Waals surface area contributed by atoms with Crippen molar-refractivity contribution in [3.63, 3.8) is 0 Å². The van der Waals surface area contributed by atoms with Crippen molar-refractivity contribution in [2.24, 2.45) is 0 Å². The molecule has 0 saturated heterocycles. The maximum Gasteiger partial charge on any atom is 0.331 e. The molecule has 1 aromatic carbocycles. The van der Waals surface area contributed by atoms with E-state index in [1.807, 2.05) is 37.3 Å². The summed E-state index contributed by atoms with van der Waals surface area (Å²) in [5, 5.41) is 0. The average molecular weight is 328 g/mol. The van der Waals surface area contributed by atoms with Crippen LogP contribution in [0.3, 0.4) is 0 Å². The molecule has 1 aromatic rings. The third-order valence-electron chi connectivity index (χ3n) is 4.06. The Morgan fingerprint density at radius 1 is 1.09 bits per heavy atom. The SMILES string of the molecule is CCCCC(C(=O)OCC)(c1ccccc1)N(CC)CC.Cl. The van der Waals surface area contributed by atoms with Gasteiger partial charge in [-0.1, -0.05) is 63.9 Å². The van der Waals surface area contributed by atoms with Gasteiger partial charge in [-0.05, 0) is 32.0 Å². The van der Waals surface area contributed by atoms with Crippen molar-refractivity contribution in [3.8, 4) is 0 Å². The lowest BCUT2D eigenvalue weighted by Crippen LogP contribution is -2.52. The number of ether oxygens (including phenoxy) is 1. The molecule has 0 amide bonds. The minimum absolute atomic E-state index is 0. The Hall–Kier alpha value is -1.06. The molecule has 0 radical (unpaired) electrons. The molecule has 0 aliphatic heterocycles. The van der Waals surface area contributed by atoms with Gasteiger partial charge < -0.3 is 4.74 Å². The molecule has 0 saturated carbocycles. The van der Waals surface area contributed by atoms with Crippen LogP contribution in [-0.4, -0.2) is 30.6 Å². The van der Waals surface area contributed by atoms with Gasteiger partial charge in [0.25, 0.3) is 0 Å². The molecule has 4 heteroatoms. The van der Waals surface area contributed by atoms with Crippen LogP contribution in [-0.2, 0) is 15.1 Å². The number of esters is 1. The highest BCUT2D eigenvalue weighted by Gasteiger charge is 2.45. The van der Waals surface area contributed by atoms with Crippen molar-refractivity contribution >= 4 is 18.4 Å². The Bertz CT molecular complexity index is 420. The first kappa shape index (κ1) is 20.9. The van der Waals surface area contributed by atoms with E-state index in [1.54, 1.807) is 0 Å². The summed E-state index contributed by atoms with van der Waals surface area (Å²) in [7, 11) is 0.